The fraction of sp³-hybridized carbons (Fsp3) is 0.400. The first kappa shape index (κ1) is 15.6. The van der Waals surface area contributed by atoms with Crippen LogP contribution in [0, 0.1) is 17.3 Å². The lowest BCUT2D eigenvalue weighted by molar-refractivity contribution is -0.124. The fourth-order valence-electron chi connectivity index (χ4n) is 1.29. The maximum Gasteiger partial charge on any atom is 0.230 e. The molecule has 0 aromatic heterocycles. The van der Waals surface area contributed by atoms with Crippen LogP contribution in [-0.2, 0) is 4.79 Å². The predicted molar refractivity (Wildman–Crippen MR) is 78.1 cm³/mol. The van der Waals surface area contributed by atoms with Crippen molar-refractivity contribution in [2.24, 2.45) is 5.41 Å². The van der Waals surface area contributed by atoms with Gasteiger partial charge in [0.1, 0.15) is 6.61 Å². The van der Waals surface area contributed by atoms with Gasteiger partial charge in [0.25, 0.3) is 0 Å². The molecule has 0 aliphatic rings. The van der Waals surface area contributed by atoms with Crippen LogP contribution in [0.4, 0.5) is 5.69 Å². The van der Waals surface area contributed by atoms with Gasteiger partial charge in [-0.25, -0.2) is 0 Å². The van der Waals surface area contributed by atoms with Crippen LogP contribution < -0.4 is 5.32 Å². The molecule has 0 bridgehead atoms. The number of amides is 1. The van der Waals surface area contributed by atoms with Crippen LogP contribution in [0.15, 0.2) is 18.2 Å². The Balaban J connectivity index is 2.98. The van der Waals surface area contributed by atoms with E-state index in [9.17, 15) is 4.79 Å². The van der Waals surface area contributed by atoms with Crippen LogP contribution in [0.5, 0.6) is 0 Å². The average molecular weight is 280 g/mol. The lowest BCUT2D eigenvalue weighted by Crippen LogP contribution is -2.30. The van der Waals surface area contributed by atoms with Crippen molar-refractivity contribution in [3.05, 3.63) is 28.8 Å². The van der Waals surface area contributed by atoms with Crippen LogP contribution in [0.3, 0.4) is 0 Å². The van der Waals surface area contributed by atoms with Crippen molar-refractivity contribution < 1.29 is 9.90 Å². The Morgan fingerprint density at radius 2 is 2.16 bits per heavy atom. The third-order valence-corrected chi connectivity index (χ3v) is 3.35. The van der Waals surface area contributed by atoms with Gasteiger partial charge in [0.15, 0.2) is 0 Å². The predicted octanol–water partition coefficient (Wildman–Crippen LogP) is 3.06. The smallest absolute Gasteiger partial charge is 0.230 e. The summed E-state index contributed by atoms with van der Waals surface area (Å²) in [6.45, 7) is 5.52. The second-order valence-electron chi connectivity index (χ2n) is 4.85. The van der Waals surface area contributed by atoms with E-state index in [4.69, 9.17) is 16.7 Å². The summed E-state index contributed by atoms with van der Waals surface area (Å²) < 4.78 is 0. The van der Waals surface area contributed by atoms with E-state index in [-0.39, 0.29) is 12.5 Å². The molecule has 1 amide bonds. The normalized spacial score (nSPS) is 10.6. The van der Waals surface area contributed by atoms with Gasteiger partial charge in [-0.15, -0.1) is 0 Å². The number of carbonyl (C=O) groups excluding carboxylic acids is 1. The molecule has 3 nitrogen and oxygen atoms in total. The molecule has 0 spiro atoms. The van der Waals surface area contributed by atoms with Crippen LogP contribution >= 0.6 is 11.6 Å². The number of carbonyl (C=O) groups is 1. The second kappa shape index (κ2) is 6.60. The van der Waals surface area contributed by atoms with Crippen LogP contribution in [0.1, 0.15) is 32.8 Å². The van der Waals surface area contributed by atoms with Gasteiger partial charge in [-0.1, -0.05) is 44.2 Å². The summed E-state index contributed by atoms with van der Waals surface area (Å²) in [6, 6.07) is 5.12. The number of hydrogen-bond acceptors (Lipinski definition) is 2. The van der Waals surface area contributed by atoms with Gasteiger partial charge in [0.2, 0.25) is 5.91 Å². The molecule has 0 aliphatic carbocycles. The number of benzene rings is 1. The number of aliphatic hydroxyl groups excluding tert-OH is 1. The molecule has 0 atom stereocenters. The van der Waals surface area contributed by atoms with Crippen LogP contribution in [0.2, 0.25) is 5.02 Å². The second-order valence-corrected chi connectivity index (χ2v) is 5.25. The van der Waals surface area contributed by atoms with E-state index < -0.39 is 5.41 Å². The largest absolute Gasteiger partial charge is 0.384 e. The highest BCUT2D eigenvalue weighted by Crippen LogP contribution is 2.27. The minimum Gasteiger partial charge on any atom is -0.384 e. The van der Waals surface area contributed by atoms with Gasteiger partial charge in [0.05, 0.1) is 10.7 Å². The molecule has 0 saturated carbocycles. The summed E-state index contributed by atoms with van der Waals surface area (Å²) in [6.07, 6.45) is 0.737. The van der Waals surface area contributed by atoms with Crippen molar-refractivity contribution in [3.8, 4) is 11.8 Å². The first-order valence-corrected chi connectivity index (χ1v) is 6.49. The average Bonchev–Trinajstić information content (AvgIpc) is 2.39. The Kier molecular flexibility index (Phi) is 5.41. The van der Waals surface area contributed by atoms with Gasteiger partial charge in [-0.2, -0.15) is 0 Å². The molecule has 1 aromatic carbocycles. The maximum absolute atomic E-state index is 12.1. The van der Waals surface area contributed by atoms with Gasteiger partial charge >= 0.3 is 0 Å². The first-order chi connectivity index (χ1) is 8.90. The van der Waals surface area contributed by atoms with E-state index in [0.29, 0.717) is 16.3 Å². The summed E-state index contributed by atoms with van der Waals surface area (Å²) in [5, 5.41) is 12.0. The highest BCUT2D eigenvalue weighted by atomic mass is 35.5. The zero-order valence-corrected chi connectivity index (χ0v) is 12.1. The minimum absolute atomic E-state index is 0.0795. The Labute approximate surface area is 119 Å². The van der Waals surface area contributed by atoms with Gasteiger partial charge in [-0.3, -0.25) is 4.79 Å². The van der Waals surface area contributed by atoms with Crippen molar-refractivity contribution in [2.75, 3.05) is 11.9 Å². The highest BCUT2D eigenvalue weighted by molar-refractivity contribution is 6.33. The topological polar surface area (TPSA) is 49.3 Å². The summed E-state index contributed by atoms with van der Waals surface area (Å²) >= 11 is 6.06. The molecule has 0 saturated heterocycles. The number of rotatable bonds is 3. The number of halogens is 1. The van der Waals surface area contributed by atoms with Crippen LogP contribution in [-0.4, -0.2) is 17.6 Å². The van der Waals surface area contributed by atoms with Crippen molar-refractivity contribution in [3.63, 3.8) is 0 Å². The third-order valence-electron chi connectivity index (χ3n) is 3.02. The van der Waals surface area contributed by atoms with Gasteiger partial charge in [0, 0.05) is 11.0 Å². The summed E-state index contributed by atoms with van der Waals surface area (Å²) in [4.78, 5) is 12.1. The standard InChI is InChI=1S/C15H18ClNO2/c1-4-15(2,3)14(19)17-13-10-11(6-5-9-18)7-8-12(13)16/h7-8,10,18H,4,9H2,1-3H3,(H,17,19). The van der Waals surface area contributed by atoms with Crippen molar-refractivity contribution in [1.82, 2.24) is 0 Å². The quantitative estimate of drug-likeness (QED) is 0.836. The monoisotopic (exact) mass is 279 g/mol. The molecule has 0 radical (unpaired) electrons. The minimum atomic E-state index is -0.448. The molecule has 2 N–H and O–H groups in total. The van der Waals surface area contributed by atoms with E-state index in [1.165, 1.54) is 0 Å². The lowest BCUT2D eigenvalue weighted by atomic mass is 9.89. The number of hydrogen-bond donors (Lipinski definition) is 2. The molecule has 102 valence electrons. The fourth-order valence-corrected chi connectivity index (χ4v) is 1.46. The molecule has 19 heavy (non-hydrogen) atoms. The number of aliphatic hydroxyl groups is 1. The zero-order valence-electron chi connectivity index (χ0n) is 11.4. The summed E-state index contributed by atoms with van der Waals surface area (Å²) in [5.74, 6) is 5.25. The number of anilines is 1. The zero-order chi connectivity index (χ0) is 14.5. The summed E-state index contributed by atoms with van der Waals surface area (Å²) in [7, 11) is 0. The molecule has 0 fully saturated rings. The van der Waals surface area contributed by atoms with Crippen molar-refractivity contribution in [2.45, 2.75) is 27.2 Å². The molecule has 0 unspecified atom stereocenters. The van der Waals surface area contributed by atoms with Crippen molar-refractivity contribution >= 4 is 23.2 Å². The van der Waals surface area contributed by atoms with E-state index in [1.807, 2.05) is 20.8 Å². The Bertz CT molecular complexity index is 527. The molecule has 1 aromatic rings. The van der Waals surface area contributed by atoms with E-state index in [1.54, 1.807) is 18.2 Å². The third kappa shape index (κ3) is 4.27. The Morgan fingerprint density at radius 3 is 2.74 bits per heavy atom. The van der Waals surface area contributed by atoms with Gasteiger partial charge < -0.3 is 10.4 Å². The highest BCUT2D eigenvalue weighted by Gasteiger charge is 2.25. The van der Waals surface area contributed by atoms with Crippen LogP contribution in [0.25, 0.3) is 0 Å². The van der Waals surface area contributed by atoms with E-state index in [2.05, 4.69) is 17.2 Å². The lowest BCUT2D eigenvalue weighted by Gasteiger charge is -2.21. The SMILES string of the molecule is CCC(C)(C)C(=O)Nc1cc(C#CCO)ccc1Cl. The van der Waals surface area contributed by atoms with E-state index in [0.717, 1.165) is 6.42 Å². The molecular formula is C15H18ClNO2. The van der Waals surface area contributed by atoms with Gasteiger partial charge in [-0.05, 0) is 24.6 Å². The Morgan fingerprint density at radius 1 is 1.47 bits per heavy atom. The Hall–Kier alpha value is -1.50. The van der Waals surface area contributed by atoms with Crippen molar-refractivity contribution in [1.29, 1.82) is 0 Å². The first-order valence-electron chi connectivity index (χ1n) is 6.11. The molecule has 0 heterocycles. The summed E-state index contributed by atoms with van der Waals surface area (Å²) in [5.41, 5.74) is 0.789. The molecule has 0 aliphatic heterocycles. The number of nitrogens with one attached hydrogen (secondary N) is 1. The molecule has 1 rings (SSSR count). The molecular weight excluding hydrogens is 262 g/mol. The maximum atomic E-state index is 12.1. The van der Waals surface area contributed by atoms with E-state index >= 15 is 0 Å². The molecule has 4 heteroatoms.